The van der Waals surface area contributed by atoms with Crippen LogP contribution >= 0.6 is 15.9 Å². The second-order valence-electron chi connectivity index (χ2n) is 8.54. The smallest absolute Gasteiger partial charge is 0.338 e. The van der Waals surface area contributed by atoms with Crippen molar-refractivity contribution in [3.63, 3.8) is 0 Å². The molecule has 0 saturated carbocycles. The number of anilines is 2. The zero-order chi connectivity index (χ0) is 30.4. The van der Waals surface area contributed by atoms with Crippen molar-refractivity contribution in [3.05, 3.63) is 82.3 Å². The van der Waals surface area contributed by atoms with E-state index in [4.69, 9.17) is 14.2 Å². The Balaban J connectivity index is 0.00000108. The summed E-state index contributed by atoms with van der Waals surface area (Å²) in [6.07, 6.45) is 0.750. The van der Waals surface area contributed by atoms with Crippen LogP contribution in [0.1, 0.15) is 27.6 Å². The molecule has 0 aliphatic rings. The van der Waals surface area contributed by atoms with Crippen molar-refractivity contribution in [2.75, 3.05) is 45.1 Å². The van der Waals surface area contributed by atoms with Crippen molar-refractivity contribution in [2.45, 2.75) is 6.92 Å². The number of ether oxygens (including phenoxy) is 3. The van der Waals surface area contributed by atoms with E-state index in [1.807, 2.05) is 0 Å². The fraction of sp³-hybridized carbons (Fsp3) is 0.207. The lowest BCUT2D eigenvalue weighted by Gasteiger charge is -2.12. The Morgan fingerprint density at radius 1 is 0.805 bits per heavy atom. The standard InChI is InChI=1S/C26H23BrN2O7.C3H7NO/c1-16(30)17-3-8-20(9-4-17)28-25(32)15-36-26(33)18-5-12-22(23(13-18)34-2)35-14-24(31)29-21-10-6-19(27)7-11-21;1-4(2)3-5/h3-13H,14-15H2,1-2H3,(H,28,32)(H,29,31);3H,1-2H3. The van der Waals surface area contributed by atoms with Crippen molar-refractivity contribution in [3.8, 4) is 11.5 Å². The van der Waals surface area contributed by atoms with Gasteiger partial charge in [0.1, 0.15) is 0 Å². The fourth-order valence-corrected chi connectivity index (χ4v) is 3.25. The maximum Gasteiger partial charge on any atom is 0.338 e. The Hall–Kier alpha value is -4.71. The lowest BCUT2D eigenvalue weighted by atomic mass is 10.1. The van der Waals surface area contributed by atoms with Gasteiger partial charge < -0.3 is 29.7 Å². The highest BCUT2D eigenvalue weighted by atomic mass is 79.9. The van der Waals surface area contributed by atoms with Crippen molar-refractivity contribution in [1.82, 2.24) is 4.90 Å². The Labute approximate surface area is 245 Å². The minimum atomic E-state index is -0.741. The predicted molar refractivity (Wildman–Crippen MR) is 156 cm³/mol. The summed E-state index contributed by atoms with van der Waals surface area (Å²) >= 11 is 3.33. The van der Waals surface area contributed by atoms with Crippen LogP contribution < -0.4 is 20.1 Å². The number of Topliss-reactive ketones (excluding diaryl/α,β-unsaturated/α-hetero) is 1. The van der Waals surface area contributed by atoms with E-state index in [-0.39, 0.29) is 35.4 Å². The van der Waals surface area contributed by atoms with Crippen LogP contribution in [0.3, 0.4) is 0 Å². The van der Waals surface area contributed by atoms with Gasteiger partial charge in [-0.3, -0.25) is 19.2 Å². The second kappa shape index (κ2) is 16.4. The maximum absolute atomic E-state index is 12.4. The minimum absolute atomic E-state index is 0.0855. The van der Waals surface area contributed by atoms with Gasteiger partial charge >= 0.3 is 5.97 Å². The van der Waals surface area contributed by atoms with Gasteiger partial charge in [-0.05, 0) is 73.7 Å². The number of carbonyl (C=O) groups excluding carboxylic acids is 5. The van der Waals surface area contributed by atoms with E-state index in [2.05, 4.69) is 26.6 Å². The van der Waals surface area contributed by atoms with Gasteiger partial charge in [0.05, 0.1) is 12.7 Å². The molecule has 0 aliphatic carbocycles. The summed E-state index contributed by atoms with van der Waals surface area (Å²) in [5.41, 5.74) is 1.74. The van der Waals surface area contributed by atoms with Gasteiger partial charge in [0.2, 0.25) is 6.41 Å². The zero-order valence-electron chi connectivity index (χ0n) is 22.9. The Kier molecular flexibility index (Phi) is 13.0. The molecular formula is C29H30BrN3O8. The lowest BCUT2D eigenvalue weighted by Crippen LogP contribution is -2.21. The number of amides is 3. The van der Waals surface area contributed by atoms with E-state index >= 15 is 0 Å². The van der Waals surface area contributed by atoms with Crippen LogP contribution in [-0.4, -0.2) is 69.3 Å². The largest absolute Gasteiger partial charge is 0.493 e. The van der Waals surface area contributed by atoms with Crippen LogP contribution in [0.15, 0.2) is 71.2 Å². The molecule has 2 N–H and O–H groups in total. The molecule has 0 atom stereocenters. The number of nitrogens with one attached hydrogen (secondary N) is 2. The van der Waals surface area contributed by atoms with Gasteiger partial charge in [0.15, 0.2) is 30.5 Å². The molecule has 0 spiro atoms. The van der Waals surface area contributed by atoms with E-state index < -0.39 is 18.5 Å². The number of benzene rings is 3. The summed E-state index contributed by atoms with van der Waals surface area (Å²) in [4.78, 5) is 58.8. The van der Waals surface area contributed by atoms with Crippen LogP contribution in [0.4, 0.5) is 11.4 Å². The molecule has 0 fully saturated rings. The first kappa shape index (κ1) is 32.5. The third-order valence-corrected chi connectivity index (χ3v) is 5.54. The number of methoxy groups -OCH3 is 1. The zero-order valence-corrected chi connectivity index (χ0v) is 24.5. The van der Waals surface area contributed by atoms with Gasteiger partial charge in [-0.15, -0.1) is 0 Å². The van der Waals surface area contributed by atoms with Crippen molar-refractivity contribution in [2.24, 2.45) is 0 Å². The molecule has 3 aromatic rings. The van der Waals surface area contributed by atoms with Gasteiger partial charge in [-0.2, -0.15) is 0 Å². The average molecular weight is 628 g/mol. The maximum atomic E-state index is 12.4. The van der Waals surface area contributed by atoms with E-state index in [1.165, 1.54) is 37.1 Å². The van der Waals surface area contributed by atoms with Gasteiger partial charge in [0.25, 0.3) is 11.8 Å². The summed E-state index contributed by atoms with van der Waals surface area (Å²) in [6.45, 7) is 0.663. The summed E-state index contributed by atoms with van der Waals surface area (Å²) < 4.78 is 16.7. The first-order chi connectivity index (χ1) is 19.5. The molecule has 0 radical (unpaired) electrons. The molecule has 0 heterocycles. The predicted octanol–water partition coefficient (Wildman–Crippen LogP) is 4.18. The molecular weight excluding hydrogens is 598 g/mol. The number of carbonyl (C=O) groups is 5. The third kappa shape index (κ3) is 11.5. The first-order valence-electron chi connectivity index (χ1n) is 12.1. The first-order valence-corrected chi connectivity index (χ1v) is 12.9. The summed E-state index contributed by atoms with van der Waals surface area (Å²) in [6, 6.07) is 17.7. The number of rotatable bonds is 11. The van der Waals surface area contributed by atoms with Crippen LogP contribution in [0.25, 0.3) is 0 Å². The lowest BCUT2D eigenvalue weighted by molar-refractivity contribution is -0.119. The van der Waals surface area contributed by atoms with E-state index in [0.29, 0.717) is 16.9 Å². The molecule has 216 valence electrons. The summed E-state index contributed by atoms with van der Waals surface area (Å²) in [5.74, 6) is -1.26. The van der Waals surface area contributed by atoms with Crippen molar-refractivity contribution >= 4 is 57.3 Å². The number of hydrogen-bond acceptors (Lipinski definition) is 8. The van der Waals surface area contributed by atoms with Crippen LogP contribution in [0.2, 0.25) is 0 Å². The molecule has 3 rings (SSSR count). The Morgan fingerprint density at radius 2 is 1.32 bits per heavy atom. The molecule has 12 heteroatoms. The van der Waals surface area contributed by atoms with Gasteiger partial charge in [-0.1, -0.05) is 15.9 Å². The minimum Gasteiger partial charge on any atom is -0.493 e. The fourth-order valence-electron chi connectivity index (χ4n) is 2.99. The van der Waals surface area contributed by atoms with Crippen LogP contribution in [0, 0.1) is 0 Å². The SMILES string of the molecule is CN(C)C=O.COc1cc(C(=O)OCC(=O)Nc2ccc(C(C)=O)cc2)ccc1OCC(=O)Nc1ccc(Br)cc1. The highest BCUT2D eigenvalue weighted by molar-refractivity contribution is 9.10. The van der Waals surface area contributed by atoms with Gasteiger partial charge in [-0.25, -0.2) is 4.79 Å². The number of nitrogens with zero attached hydrogens (tertiary/aromatic N) is 1. The molecule has 0 aromatic heterocycles. The monoisotopic (exact) mass is 627 g/mol. The molecule has 0 bridgehead atoms. The second-order valence-corrected chi connectivity index (χ2v) is 9.45. The highest BCUT2D eigenvalue weighted by Gasteiger charge is 2.15. The third-order valence-electron chi connectivity index (χ3n) is 5.01. The summed E-state index contributed by atoms with van der Waals surface area (Å²) in [5, 5.41) is 5.29. The van der Waals surface area contributed by atoms with Crippen molar-refractivity contribution < 1.29 is 38.2 Å². The molecule has 3 aromatic carbocycles. The van der Waals surface area contributed by atoms with E-state index in [9.17, 15) is 24.0 Å². The molecule has 0 aliphatic heterocycles. The molecule has 0 saturated heterocycles. The summed E-state index contributed by atoms with van der Waals surface area (Å²) in [7, 11) is 4.77. The molecule has 3 amide bonds. The number of ketones is 1. The van der Waals surface area contributed by atoms with E-state index in [1.54, 1.807) is 62.6 Å². The van der Waals surface area contributed by atoms with Gasteiger partial charge in [0, 0.05) is 35.5 Å². The number of halogens is 1. The molecule has 41 heavy (non-hydrogen) atoms. The molecule has 11 nitrogen and oxygen atoms in total. The number of esters is 1. The Morgan fingerprint density at radius 3 is 1.83 bits per heavy atom. The van der Waals surface area contributed by atoms with Crippen molar-refractivity contribution in [1.29, 1.82) is 0 Å². The van der Waals surface area contributed by atoms with Crippen LogP contribution in [-0.2, 0) is 19.1 Å². The number of hydrogen-bond donors (Lipinski definition) is 2. The average Bonchev–Trinajstić information content (AvgIpc) is 2.96. The molecule has 0 unspecified atom stereocenters. The highest BCUT2D eigenvalue weighted by Crippen LogP contribution is 2.28. The van der Waals surface area contributed by atoms with E-state index in [0.717, 1.165) is 10.9 Å². The Bertz CT molecular complexity index is 1360. The normalized spacial score (nSPS) is 9.78. The topological polar surface area (TPSA) is 140 Å². The van der Waals surface area contributed by atoms with Crippen LogP contribution in [0.5, 0.6) is 11.5 Å². The quantitative estimate of drug-likeness (QED) is 0.183.